The van der Waals surface area contributed by atoms with Gasteiger partial charge >= 0.3 is 0 Å². The van der Waals surface area contributed by atoms with Crippen LogP contribution in [0.2, 0.25) is 0 Å². The summed E-state index contributed by atoms with van der Waals surface area (Å²) in [7, 11) is 5.72. The molecule has 6 heteroatoms. The second-order valence-electron chi connectivity index (χ2n) is 9.58. The van der Waals surface area contributed by atoms with Crippen LogP contribution in [0, 0.1) is 19.8 Å². The first-order chi connectivity index (χ1) is 15.6. The maximum atomic E-state index is 12.9. The summed E-state index contributed by atoms with van der Waals surface area (Å²) in [4.78, 5) is 31.5. The van der Waals surface area contributed by atoms with Crippen molar-refractivity contribution in [1.29, 1.82) is 0 Å². The maximum Gasteiger partial charge on any atom is 0.251 e. The molecule has 2 atom stereocenters. The fourth-order valence-corrected chi connectivity index (χ4v) is 4.29. The number of nitrogens with one attached hydrogen (secondary N) is 2. The summed E-state index contributed by atoms with van der Waals surface area (Å²) in [6.45, 7) is 9.01. The molecule has 1 heterocycles. The Kier molecular flexibility index (Phi) is 10.0. The molecular formula is C27H40N4O2. The van der Waals surface area contributed by atoms with E-state index in [2.05, 4.69) is 34.4 Å². The van der Waals surface area contributed by atoms with Crippen LogP contribution in [0.3, 0.4) is 0 Å². The summed E-state index contributed by atoms with van der Waals surface area (Å²) in [6.07, 6.45) is 3.96. The van der Waals surface area contributed by atoms with Gasteiger partial charge in [-0.25, -0.2) is 0 Å². The molecule has 0 spiro atoms. The SMILES string of the molecule is CNC(=O)c1cc(C)c(C[C@@H](CNC(=O)C[C@H](CC(C)C)c2ccccn2)N(C)C)c(C)c1. The minimum absolute atomic E-state index is 0.0570. The molecular weight excluding hydrogens is 412 g/mol. The van der Waals surface area contributed by atoms with Crippen LogP contribution >= 0.6 is 0 Å². The number of amides is 2. The second-order valence-corrected chi connectivity index (χ2v) is 9.58. The monoisotopic (exact) mass is 452 g/mol. The molecule has 0 bridgehead atoms. The number of carbonyl (C=O) groups is 2. The van der Waals surface area contributed by atoms with Crippen LogP contribution in [0.25, 0.3) is 0 Å². The number of rotatable bonds is 11. The van der Waals surface area contributed by atoms with Gasteiger partial charge in [0.05, 0.1) is 0 Å². The highest BCUT2D eigenvalue weighted by Gasteiger charge is 2.21. The number of carbonyl (C=O) groups excluding carboxylic acids is 2. The summed E-state index contributed by atoms with van der Waals surface area (Å²) in [5.41, 5.74) is 5.07. The van der Waals surface area contributed by atoms with Gasteiger partial charge < -0.3 is 15.5 Å². The highest BCUT2D eigenvalue weighted by molar-refractivity contribution is 5.94. The Bertz CT molecular complexity index is 902. The van der Waals surface area contributed by atoms with Gasteiger partial charge in [0.25, 0.3) is 5.91 Å². The van der Waals surface area contributed by atoms with Gasteiger partial charge in [0.15, 0.2) is 0 Å². The third-order valence-electron chi connectivity index (χ3n) is 6.18. The average Bonchev–Trinajstić information content (AvgIpc) is 2.77. The number of aryl methyl sites for hydroxylation is 2. The lowest BCUT2D eigenvalue weighted by atomic mass is 9.90. The Hall–Kier alpha value is -2.73. The molecule has 33 heavy (non-hydrogen) atoms. The highest BCUT2D eigenvalue weighted by Crippen LogP contribution is 2.25. The molecule has 2 N–H and O–H groups in total. The molecule has 0 radical (unpaired) electrons. The maximum absolute atomic E-state index is 12.9. The minimum atomic E-state index is -0.0759. The molecule has 0 unspecified atom stereocenters. The van der Waals surface area contributed by atoms with Crippen molar-refractivity contribution in [2.45, 2.75) is 58.9 Å². The number of pyridine rings is 1. The van der Waals surface area contributed by atoms with Crippen LogP contribution in [0.4, 0.5) is 0 Å². The fourth-order valence-electron chi connectivity index (χ4n) is 4.29. The van der Waals surface area contributed by atoms with Gasteiger partial charge in [-0.05, 0) is 87.7 Å². The van der Waals surface area contributed by atoms with E-state index in [9.17, 15) is 9.59 Å². The molecule has 0 fully saturated rings. The van der Waals surface area contributed by atoms with Crippen molar-refractivity contribution in [2.75, 3.05) is 27.7 Å². The number of likely N-dealkylation sites (N-methyl/N-ethyl adjacent to an activating group) is 1. The van der Waals surface area contributed by atoms with Gasteiger partial charge in [-0.2, -0.15) is 0 Å². The van der Waals surface area contributed by atoms with Crippen molar-refractivity contribution in [1.82, 2.24) is 20.5 Å². The summed E-state index contributed by atoms with van der Waals surface area (Å²) in [5.74, 6) is 0.586. The van der Waals surface area contributed by atoms with Gasteiger partial charge in [0.2, 0.25) is 5.91 Å². The number of aromatic nitrogens is 1. The second kappa shape index (κ2) is 12.5. The largest absolute Gasteiger partial charge is 0.355 e. The molecule has 0 aliphatic carbocycles. The van der Waals surface area contributed by atoms with E-state index in [-0.39, 0.29) is 23.8 Å². The zero-order valence-electron chi connectivity index (χ0n) is 21.2. The quantitative estimate of drug-likeness (QED) is 0.543. The predicted molar refractivity (Wildman–Crippen MR) is 135 cm³/mol. The topological polar surface area (TPSA) is 74.3 Å². The number of hydrogen-bond acceptors (Lipinski definition) is 4. The Morgan fingerprint density at radius 1 is 1.09 bits per heavy atom. The summed E-state index contributed by atoms with van der Waals surface area (Å²) < 4.78 is 0. The number of nitrogens with zero attached hydrogens (tertiary/aromatic N) is 2. The zero-order valence-corrected chi connectivity index (χ0v) is 21.2. The normalized spacial score (nSPS) is 13.1. The minimum Gasteiger partial charge on any atom is -0.355 e. The molecule has 1 aromatic carbocycles. The van der Waals surface area contributed by atoms with Gasteiger partial charge in [0.1, 0.15) is 0 Å². The summed E-state index contributed by atoms with van der Waals surface area (Å²) in [6, 6.07) is 9.93. The molecule has 2 aromatic rings. The first-order valence-electron chi connectivity index (χ1n) is 11.8. The molecule has 0 aliphatic heterocycles. The molecule has 0 aliphatic rings. The van der Waals surface area contributed by atoms with E-state index < -0.39 is 0 Å². The van der Waals surface area contributed by atoms with E-state index in [1.165, 1.54) is 5.56 Å². The van der Waals surface area contributed by atoms with E-state index in [0.29, 0.717) is 24.4 Å². The van der Waals surface area contributed by atoms with Gasteiger partial charge in [-0.15, -0.1) is 0 Å². The van der Waals surface area contributed by atoms with E-state index in [4.69, 9.17) is 0 Å². The lowest BCUT2D eigenvalue weighted by molar-refractivity contribution is -0.121. The van der Waals surface area contributed by atoms with E-state index in [1.807, 2.05) is 58.3 Å². The first-order valence-corrected chi connectivity index (χ1v) is 11.8. The lowest BCUT2D eigenvalue weighted by Crippen LogP contribution is -2.42. The third-order valence-corrected chi connectivity index (χ3v) is 6.18. The Balaban J connectivity index is 2.06. The van der Waals surface area contributed by atoms with Crippen molar-refractivity contribution >= 4 is 11.8 Å². The van der Waals surface area contributed by atoms with Crippen LogP contribution in [0.1, 0.15) is 65.3 Å². The fraction of sp³-hybridized carbons (Fsp3) is 0.519. The standard InChI is InChI=1S/C27H40N4O2/c1-18(2)12-21(25-10-8-9-11-29-25)15-26(32)30-17-23(31(6)7)16-24-19(3)13-22(14-20(24)4)27(33)28-5/h8-11,13-14,18,21,23H,12,15-17H2,1-7H3,(H,28,33)(H,30,32)/t21-,23-/m0/s1. The predicted octanol–water partition coefficient (Wildman–Crippen LogP) is 3.87. The average molecular weight is 453 g/mol. The van der Waals surface area contributed by atoms with Crippen molar-refractivity contribution < 1.29 is 9.59 Å². The van der Waals surface area contributed by atoms with Crippen molar-refractivity contribution in [2.24, 2.45) is 5.92 Å². The van der Waals surface area contributed by atoms with E-state index in [0.717, 1.165) is 29.7 Å². The molecule has 180 valence electrons. The lowest BCUT2D eigenvalue weighted by Gasteiger charge is -2.27. The van der Waals surface area contributed by atoms with Crippen molar-refractivity contribution in [3.05, 3.63) is 64.5 Å². The van der Waals surface area contributed by atoms with Gasteiger partial charge in [-0.1, -0.05) is 19.9 Å². The summed E-state index contributed by atoms with van der Waals surface area (Å²) >= 11 is 0. The zero-order chi connectivity index (χ0) is 24.5. The van der Waals surface area contributed by atoms with Gasteiger partial charge in [0, 0.05) is 49.4 Å². The number of benzene rings is 1. The van der Waals surface area contributed by atoms with E-state index in [1.54, 1.807) is 13.2 Å². The van der Waals surface area contributed by atoms with Crippen LogP contribution < -0.4 is 10.6 Å². The first kappa shape index (κ1) is 26.5. The molecule has 0 saturated heterocycles. The Labute approximate surface area is 199 Å². The Morgan fingerprint density at radius 3 is 2.27 bits per heavy atom. The Morgan fingerprint density at radius 2 is 1.76 bits per heavy atom. The van der Waals surface area contributed by atoms with Crippen molar-refractivity contribution in [3.63, 3.8) is 0 Å². The van der Waals surface area contributed by atoms with Gasteiger partial charge in [-0.3, -0.25) is 14.6 Å². The van der Waals surface area contributed by atoms with Crippen LogP contribution in [-0.2, 0) is 11.2 Å². The smallest absolute Gasteiger partial charge is 0.251 e. The third kappa shape index (κ3) is 7.97. The molecule has 2 rings (SSSR count). The van der Waals surface area contributed by atoms with Crippen LogP contribution in [0.5, 0.6) is 0 Å². The van der Waals surface area contributed by atoms with Crippen molar-refractivity contribution in [3.8, 4) is 0 Å². The molecule has 0 saturated carbocycles. The summed E-state index contributed by atoms with van der Waals surface area (Å²) in [5, 5.41) is 5.85. The van der Waals surface area contributed by atoms with Crippen LogP contribution in [0.15, 0.2) is 36.5 Å². The van der Waals surface area contributed by atoms with E-state index >= 15 is 0 Å². The number of hydrogen-bond donors (Lipinski definition) is 2. The molecule has 2 amide bonds. The van der Waals surface area contributed by atoms with Crippen LogP contribution in [-0.4, -0.2) is 55.4 Å². The molecule has 1 aromatic heterocycles. The highest BCUT2D eigenvalue weighted by atomic mass is 16.2. The molecule has 6 nitrogen and oxygen atoms in total.